The van der Waals surface area contributed by atoms with Crippen LogP contribution in [0.5, 0.6) is 0 Å². The highest BCUT2D eigenvalue weighted by atomic mass is 16.4. The molecule has 0 saturated heterocycles. The van der Waals surface area contributed by atoms with E-state index in [1.54, 1.807) is 6.07 Å². The van der Waals surface area contributed by atoms with Crippen LogP contribution in [0, 0.1) is 24.7 Å². The first-order valence-corrected chi connectivity index (χ1v) is 7.61. The van der Waals surface area contributed by atoms with Crippen LogP contribution in [-0.4, -0.2) is 34.6 Å². The Labute approximate surface area is 125 Å². The summed E-state index contributed by atoms with van der Waals surface area (Å²) >= 11 is 0. The zero-order valence-corrected chi connectivity index (χ0v) is 12.7. The van der Waals surface area contributed by atoms with Gasteiger partial charge in [-0.3, -0.25) is 0 Å². The summed E-state index contributed by atoms with van der Waals surface area (Å²) in [6.45, 7) is 2.88. The Hall–Kier alpha value is -1.85. The van der Waals surface area contributed by atoms with Gasteiger partial charge in [-0.1, -0.05) is 11.6 Å². The second-order valence-electron chi connectivity index (χ2n) is 6.50. The number of hydrogen-bond acceptors (Lipinski definition) is 5. The second kappa shape index (κ2) is 5.50. The minimum atomic E-state index is 0.0232. The first-order chi connectivity index (χ1) is 10.1. The highest BCUT2D eigenvalue weighted by Gasteiger charge is 2.39. The molecule has 6 nitrogen and oxygen atoms in total. The van der Waals surface area contributed by atoms with Gasteiger partial charge in [0.1, 0.15) is 5.69 Å². The summed E-state index contributed by atoms with van der Waals surface area (Å²) in [6, 6.07) is 1.73. The van der Waals surface area contributed by atoms with E-state index in [0.717, 1.165) is 30.0 Å². The average Bonchev–Trinajstić information content (AvgIpc) is 3.08. The van der Waals surface area contributed by atoms with Gasteiger partial charge >= 0.3 is 0 Å². The monoisotopic (exact) mass is 289 g/mol. The Bertz CT molecular complexity index is 559. The van der Waals surface area contributed by atoms with Gasteiger partial charge in [0.25, 0.3) is 0 Å². The molecule has 2 saturated carbocycles. The fourth-order valence-corrected chi connectivity index (χ4v) is 3.94. The average molecular weight is 289 g/mol. The van der Waals surface area contributed by atoms with Crippen LogP contribution in [0.2, 0.25) is 0 Å². The standard InChI is InChI=1S/C15H23N5O/c1-9-5-13(14(16)19-21)18-15(17-9)20(2)8-12-7-10-3-4-11(12)6-10/h5,10-12,21H,3-4,6-8H2,1-2H3,(H2,16,19). The molecule has 2 aliphatic rings. The number of aryl methyl sites for hydroxylation is 1. The van der Waals surface area contributed by atoms with Crippen molar-refractivity contribution in [2.24, 2.45) is 28.6 Å². The van der Waals surface area contributed by atoms with Crippen molar-refractivity contribution in [2.45, 2.75) is 32.6 Å². The molecule has 6 heteroatoms. The molecule has 21 heavy (non-hydrogen) atoms. The number of fused-ring (bicyclic) bond motifs is 2. The van der Waals surface area contributed by atoms with Gasteiger partial charge in [-0.05, 0) is 50.0 Å². The lowest BCUT2D eigenvalue weighted by Crippen LogP contribution is -2.30. The van der Waals surface area contributed by atoms with Crippen molar-refractivity contribution in [3.63, 3.8) is 0 Å². The van der Waals surface area contributed by atoms with Crippen LogP contribution in [0.1, 0.15) is 37.1 Å². The fourth-order valence-electron chi connectivity index (χ4n) is 3.94. The van der Waals surface area contributed by atoms with E-state index in [0.29, 0.717) is 11.6 Å². The molecule has 0 amide bonds. The van der Waals surface area contributed by atoms with Crippen LogP contribution >= 0.6 is 0 Å². The second-order valence-corrected chi connectivity index (χ2v) is 6.50. The Morgan fingerprint density at radius 1 is 1.43 bits per heavy atom. The maximum Gasteiger partial charge on any atom is 0.225 e. The summed E-state index contributed by atoms with van der Waals surface area (Å²) < 4.78 is 0. The van der Waals surface area contributed by atoms with Crippen molar-refractivity contribution in [3.05, 3.63) is 17.5 Å². The van der Waals surface area contributed by atoms with Crippen molar-refractivity contribution in [1.82, 2.24) is 9.97 Å². The van der Waals surface area contributed by atoms with E-state index < -0.39 is 0 Å². The molecule has 0 spiro atoms. The van der Waals surface area contributed by atoms with Crippen LogP contribution in [0.25, 0.3) is 0 Å². The van der Waals surface area contributed by atoms with Crippen molar-refractivity contribution in [1.29, 1.82) is 0 Å². The summed E-state index contributed by atoms with van der Waals surface area (Å²) in [5, 5.41) is 11.8. The molecule has 1 heterocycles. The molecule has 0 radical (unpaired) electrons. The van der Waals surface area contributed by atoms with Gasteiger partial charge in [0, 0.05) is 19.3 Å². The fraction of sp³-hybridized carbons (Fsp3) is 0.667. The maximum atomic E-state index is 8.80. The highest BCUT2D eigenvalue weighted by molar-refractivity contribution is 5.95. The predicted molar refractivity (Wildman–Crippen MR) is 81.5 cm³/mol. The van der Waals surface area contributed by atoms with E-state index in [9.17, 15) is 0 Å². The SMILES string of the molecule is Cc1cc(/C(N)=N/O)nc(N(C)CC2CC3CCC2C3)n1. The van der Waals surface area contributed by atoms with Crippen LogP contribution in [0.3, 0.4) is 0 Å². The van der Waals surface area contributed by atoms with Crippen molar-refractivity contribution in [2.75, 3.05) is 18.5 Å². The van der Waals surface area contributed by atoms with E-state index >= 15 is 0 Å². The third kappa shape index (κ3) is 2.80. The number of amidine groups is 1. The smallest absolute Gasteiger partial charge is 0.225 e. The molecule has 1 aromatic rings. The van der Waals surface area contributed by atoms with Gasteiger partial charge in [0.2, 0.25) is 5.95 Å². The predicted octanol–water partition coefficient (Wildman–Crippen LogP) is 1.75. The third-order valence-electron chi connectivity index (χ3n) is 4.95. The number of nitrogens with two attached hydrogens (primary N) is 1. The van der Waals surface area contributed by atoms with Crippen LogP contribution in [0.15, 0.2) is 11.2 Å². The summed E-state index contributed by atoms with van der Waals surface area (Å²) in [5.74, 6) is 3.25. The summed E-state index contributed by atoms with van der Waals surface area (Å²) in [4.78, 5) is 11.0. The number of rotatable bonds is 4. The van der Waals surface area contributed by atoms with Crippen molar-refractivity contribution >= 4 is 11.8 Å². The number of anilines is 1. The minimum Gasteiger partial charge on any atom is -0.409 e. The molecule has 0 aromatic carbocycles. The molecular formula is C15H23N5O. The van der Waals surface area contributed by atoms with Crippen LogP contribution in [-0.2, 0) is 0 Å². The minimum absolute atomic E-state index is 0.0232. The van der Waals surface area contributed by atoms with Gasteiger partial charge in [0.15, 0.2) is 5.84 Å². The number of oxime groups is 1. The van der Waals surface area contributed by atoms with Crippen LogP contribution < -0.4 is 10.6 Å². The van der Waals surface area contributed by atoms with E-state index in [4.69, 9.17) is 10.9 Å². The lowest BCUT2D eigenvalue weighted by molar-refractivity contribution is 0.318. The quantitative estimate of drug-likeness (QED) is 0.381. The lowest BCUT2D eigenvalue weighted by atomic mass is 9.88. The summed E-state index contributed by atoms with van der Waals surface area (Å²) in [5.41, 5.74) is 6.93. The summed E-state index contributed by atoms with van der Waals surface area (Å²) in [7, 11) is 2.02. The molecule has 2 aliphatic carbocycles. The Morgan fingerprint density at radius 3 is 2.86 bits per heavy atom. The topological polar surface area (TPSA) is 87.6 Å². The van der Waals surface area contributed by atoms with Gasteiger partial charge in [0.05, 0.1) is 0 Å². The number of aromatic nitrogens is 2. The van der Waals surface area contributed by atoms with E-state index in [-0.39, 0.29) is 5.84 Å². The Kier molecular flexibility index (Phi) is 3.69. The zero-order valence-electron chi connectivity index (χ0n) is 12.7. The molecule has 2 fully saturated rings. The van der Waals surface area contributed by atoms with E-state index in [1.165, 1.54) is 25.7 Å². The highest BCUT2D eigenvalue weighted by Crippen LogP contribution is 2.48. The first-order valence-electron chi connectivity index (χ1n) is 7.61. The Balaban J connectivity index is 1.75. The lowest BCUT2D eigenvalue weighted by Gasteiger charge is -2.27. The normalized spacial score (nSPS) is 28.1. The molecule has 0 aliphatic heterocycles. The molecule has 114 valence electrons. The molecule has 3 atom stereocenters. The van der Waals surface area contributed by atoms with Gasteiger partial charge in [-0.2, -0.15) is 0 Å². The van der Waals surface area contributed by atoms with Crippen molar-refractivity contribution in [3.8, 4) is 0 Å². The van der Waals surface area contributed by atoms with Crippen molar-refractivity contribution < 1.29 is 5.21 Å². The molecule has 3 unspecified atom stereocenters. The first kappa shape index (κ1) is 14.1. The van der Waals surface area contributed by atoms with Gasteiger partial charge in [-0.25, -0.2) is 9.97 Å². The van der Waals surface area contributed by atoms with Crippen LogP contribution in [0.4, 0.5) is 5.95 Å². The molecule has 2 bridgehead atoms. The number of nitrogens with zero attached hydrogens (tertiary/aromatic N) is 4. The molecule has 3 rings (SSSR count). The van der Waals surface area contributed by atoms with Gasteiger partial charge < -0.3 is 15.8 Å². The van der Waals surface area contributed by atoms with E-state index in [2.05, 4.69) is 20.0 Å². The molecule has 3 N–H and O–H groups in total. The number of hydrogen-bond donors (Lipinski definition) is 2. The van der Waals surface area contributed by atoms with E-state index in [1.807, 2.05) is 14.0 Å². The third-order valence-corrected chi connectivity index (χ3v) is 4.95. The Morgan fingerprint density at radius 2 is 2.24 bits per heavy atom. The zero-order chi connectivity index (χ0) is 15.0. The summed E-state index contributed by atoms with van der Waals surface area (Å²) in [6.07, 6.45) is 5.54. The largest absolute Gasteiger partial charge is 0.409 e. The maximum absolute atomic E-state index is 8.80. The molecule has 1 aromatic heterocycles. The van der Waals surface area contributed by atoms with Gasteiger partial charge in [-0.15, -0.1) is 0 Å². The molecular weight excluding hydrogens is 266 g/mol.